The minimum atomic E-state index is 0.00684. The molecule has 17 heavy (non-hydrogen) atoms. The van der Waals surface area contributed by atoms with Crippen LogP contribution in [0.3, 0.4) is 0 Å². The molecule has 0 radical (unpaired) electrons. The summed E-state index contributed by atoms with van der Waals surface area (Å²) < 4.78 is 5.76. The fourth-order valence-corrected chi connectivity index (χ4v) is 2.42. The third-order valence-corrected chi connectivity index (χ3v) is 3.44. The van der Waals surface area contributed by atoms with Crippen LogP contribution in [0, 0.1) is 5.41 Å². The molecule has 0 aromatic carbocycles. The van der Waals surface area contributed by atoms with E-state index in [9.17, 15) is 0 Å². The molecule has 1 heterocycles. The Morgan fingerprint density at radius 3 is 2.47 bits per heavy atom. The van der Waals surface area contributed by atoms with Gasteiger partial charge in [-0.3, -0.25) is 4.90 Å². The molecule has 3 heteroatoms. The van der Waals surface area contributed by atoms with E-state index in [2.05, 4.69) is 51.8 Å². The Hall–Kier alpha value is -0.120. The molecule has 102 valence electrons. The lowest BCUT2D eigenvalue weighted by molar-refractivity contribution is -0.0897. The second kappa shape index (κ2) is 5.68. The molecule has 1 atom stereocenters. The van der Waals surface area contributed by atoms with Gasteiger partial charge in [0.05, 0.1) is 12.2 Å². The SMILES string of the molecule is CCNC(CN1CCOC(C)(C)C1)C(C)(C)C. The van der Waals surface area contributed by atoms with Gasteiger partial charge in [-0.1, -0.05) is 27.7 Å². The van der Waals surface area contributed by atoms with E-state index in [-0.39, 0.29) is 5.60 Å². The Labute approximate surface area is 107 Å². The highest BCUT2D eigenvalue weighted by molar-refractivity contribution is 4.87. The highest BCUT2D eigenvalue weighted by Gasteiger charge is 2.31. The number of morpholine rings is 1. The summed E-state index contributed by atoms with van der Waals surface area (Å²) in [7, 11) is 0. The average Bonchev–Trinajstić information content (AvgIpc) is 2.14. The molecule has 1 N–H and O–H groups in total. The van der Waals surface area contributed by atoms with Crippen LogP contribution in [-0.2, 0) is 4.74 Å². The monoisotopic (exact) mass is 242 g/mol. The van der Waals surface area contributed by atoms with Crippen LogP contribution >= 0.6 is 0 Å². The van der Waals surface area contributed by atoms with E-state index in [0.29, 0.717) is 11.5 Å². The van der Waals surface area contributed by atoms with Crippen molar-refractivity contribution in [3.05, 3.63) is 0 Å². The number of likely N-dealkylation sites (N-methyl/N-ethyl adjacent to an activating group) is 1. The molecule has 1 fully saturated rings. The highest BCUT2D eigenvalue weighted by Crippen LogP contribution is 2.23. The lowest BCUT2D eigenvalue weighted by atomic mass is 9.86. The Morgan fingerprint density at radius 2 is 2.00 bits per heavy atom. The van der Waals surface area contributed by atoms with Crippen LogP contribution in [0.2, 0.25) is 0 Å². The average molecular weight is 242 g/mol. The molecule has 0 amide bonds. The molecule has 1 aliphatic rings. The first-order valence-corrected chi connectivity index (χ1v) is 6.84. The molecule has 1 rings (SSSR count). The van der Waals surface area contributed by atoms with Crippen LogP contribution in [0.5, 0.6) is 0 Å². The molecule has 1 aliphatic heterocycles. The number of nitrogens with zero attached hydrogens (tertiary/aromatic N) is 1. The van der Waals surface area contributed by atoms with Gasteiger partial charge in [0.25, 0.3) is 0 Å². The first-order valence-electron chi connectivity index (χ1n) is 6.84. The van der Waals surface area contributed by atoms with Crippen molar-refractivity contribution in [1.82, 2.24) is 10.2 Å². The smallest absolute Gasteiger partial charge is 0.0753 e. The van der Waals surface area contributed by atoms with Crippen molar-refractivity contribution in [1.29, 1.82) is 0 Å². The summed E-state index contributed by atoms with van der Waals surface area (Å²) in [6.45, 7) is 18.6. The van der Waals surface area contributed by atoms with Crippen LogP contribution in [0.25, 0.3) is 0 Å². The van der Waals surface area contributed by atoms with Crippen molar-refractivity contribution in [3.63, 3.8) is 0 Å². The predicted molar refractivity (Wildman–Crippen MR) is 73.4 cm³/mol. The third kappa shape index (κ3) is 4.94. The number of hydrogen-bond acceptors (Lipinski definition) is 3. The molecule has 1 unspecified atom stereocenters. The second-order valence-electron chi connectivity index (χ2n) is 6.82. The number of nitrogens with one attached hydrogen (secondary N) is 1. The van der Waals surface area contributed by atoms with Gasteiger partial charge in [0.2, 0.25) is 0 Å². The van der Waals surface area contributed by atoms with Gasteiger partial charge >= 0.3 is 0 Å². The first-order chi connectivity index (χ1) is 7.74. The fraction of sp³-hybridized carbons (Fsp3) is 1.00. The summed E-state index contributed by atoms with van der Waals surface area (Å²) in [5.74, 6) is 0. The van der Waals surface area contributed by atoms with Gasteiger partial charge in [0.1, 0.15) is 0 Å². The zero-order valence-corrected chi connectivity index (χ0v) is 12.5. The van der Waals surface area contributed by atoms with Crippen molar-refractivity contribution in [3.8, 4) is 0 Å². The minimum absolute atomic E-state index is 0.00684. The third-order valence-electron chi connectivity index (χ3n) is 3.44. The molecule has 1 saturated heterocycles. The quantitative estimate of drug-likeness (QED) is 0.817. The Bertz CT molecular complexity index is 233. The van der Waals surface area contributed by atoms with Crippen molar-refractivity contribution in [2.75, 3.05) is 32.8 Å². The van der Waals surface area contributed by atoms with Crippen LogP contribution in [0.1, 0.15) is 41.5 Å². The lowest BCUT2D eigenvalue weighted by Gasteiger charge is -2.42. The maximum atomic E-state index is 5.76. The summed E-state index contributed by atoms with van der Waals surface area (Å²) in [6.07, 6.45) is 0. The maximum absolute atomic E-state index is 5.76. The summed E-state index contributed by atoms with van der Waals surface area (Å²) in [5.41, 5.74) is 0.311. The lowest BCUT2D eigenvalue weighted by Crippen LogP contribution is -2.55. The topological polar surface area (TPSA) is 24.5 Å². The van der Waals surface area contributed by atoms with Gasteiger partial charge in [0, 0.05) is 25.7 Å². The Balaban J connectivity index is 2.55. The molecule has 3 nitrogen and oxygen atoms in total. The van der Waals surface area contributed by atoms with Gasteiger partial charge in [0.15, 0.2) is 0 Å². The predicted octanol–water partition coefficient (Wildman–Crippen LogP) is 2.12. The molecule has 0 bridgehead atoms. The maximum Gasteiger partial charge on any atom is 0.0753 e. The van der Waals surface area contributed by atoms with Crippen molar-refractivity contribution < 1.29 is 4.74 Å². The first kappa shape index (κ1) is 14.9. The van der Waals surface area contributed by atoms with Gasteiger partial charge in [-0.05, 0) is 25.8 Å². The Kier molecular flexibility index (Phi) is 4.99. The zero-order valence-electron chi connectivity index (χ0n) is 12.5. The Morgan fingerprint density at radius 1 is 1.35 bits per heavy atom. The van der Waals surface area contributed by atoms with Crippen LogP contribution in [0.15, 0.2) is 0 Å². The second-order valence-corrected chi connectivity index (χ2v) is 6.82. The summed E-state index contributed by atoms with van der Waals surface area (Å²) in [6, 6.07) is 0.543. The molecule has 0 aromatic rings. The van der Waals surface area contributed by atoms with Crippen LogP contribution in [0.4, 0.5) is 0 Å². The van der Waals surface area contributed by atoms with Crippen molar-refractivity contribution in [2.24, 2.45) is 5.41 Å². The van der Waals surface area contributed by atoms with E-state index in [4.69, 9.17) is 4.74 Å². The van der Waals surface area contributed by atoms with E-state index in [1.165, 1.54) is 0 Å². The van der Waals surface area contributed by atoms with Crippen LogP contribution in [-0.4, -0.2) is 49.3 Å². The van der Waals surface area contributed by atoms with Gasteiger partial charge in [-0.2, -0.15) is 0 Å². The van der Waals surface area contributed by atoms with Gasteiger partial charge < -0.3 is 10.1 Å². The molecule has 0 aromatic heterocycles. The summed E-state index contributed by atoms with van der Waals surface area (Å²) >= 11 is 0. The van der Waals surface area contributed by atoms with Crippen molar-refractivity contribution >= 4 is 0 Å². The molecule has 0 aliphatic carbocycles. The van der Waals surface area contributed by atoms with E-state index in [0.717, 1.165) is 32.8 Å². The molecule has 0 spiro atoms. The largest absolute Gasteiger partial charge is 0.373 e. The van der Waals surface area contributed by atoms with Gasteiger partial charge in [-0.25, -0.2) is 0 Å². The number of hydrogen-bond donors (Lipinski definition) is 1. The van der Waals surface area contributed by atoms with E-state index in [1.807, 2.05) is 0 Å². The van der Waals surface area contributed by atoms with E-state index in [1.54, 1.807) is 0 Å². The van der Waals surface area contributed by atoms with Crippen molar-refractivity contribution in [2.45, 2.75) is 53.2 Å². The molecular weight excluding hydrogens is 212 g/mol. The zero-order chi connectivity index (χ0) is 13.1. The fourth-order valence-electron chi connectivity index (χ4n) is 2.42. The van der Waals surface area contributed by atoms with E-state index < -0.39 is 0 Å². The minimum Gasteiger partial charge on any atom is -0.373 e. The van der Waals surface area contributed by atoms with Crippen LogP contribution < -0.4 is 5.32 Å². The normalized spacial score (nSPS) is 23.6. The number of rotatable bonds is 4. The highest BCUT2D eigenvalue weighted by atomic mass is 16.5. The molecule has 0 saturated carbocycles. The van der Waals surface area contributed by atoms with E-state index >= 15 is 0 Å². The standard InChI is InChI=1S/C14H30N2O/c1-7-15-12(13(2,3)4)10-16-8-9-17-14(5,6)11-16/h12,15H,7-11H2,1-6H3. The summed E-state index contributed by atoms with van der Waals surface area (Å²) in [4.78, 5) is 2.53. The number of ether oxygens (including phenoxy) is 1. The van der Waals surface area contributed by atoms with Gasteiger partial charge in [-0.15, -0.1) is 0 Å². The molecular formula is C14H30N2O. The summed E-state index contributed by atoms with van der Waals surface area (Å²) in [5, 5.41) is 3.61.